The number of nitrogens with zero attached hydrogens (tertiary/aromatic N) is 1. The van der Waals surface area contributed by atoms with Crippen molar-refractivity contribution in [2.45, 2.75) is 18.9 Å². The van der Waals surface area contributed by atoms with Crippen molar-refractivity contribution in [1.29, 1.82) is 0 Å². The van der Waals surface area contributed by atoms with Gasteiger partial charge < -0.3 is 5.32 Å². The van der Waals surface area contributed by atoms with Crippen LogP contribution in [-0.2, 0) is 0 Å². The van der Waals surface area contributed by atoms with Crippen LogP contribution in [0.15, 0.2) is 6.07 Å². The summed E-state index contributed by atoms with van der Waals surface area (Å²) >= 11 is 7.49. The van der Waals surface area contributed by atoms with Gasteiger partial charge in [-0.1, -0.05) is 11.6 Å². The fraction of sp³-hybridized carbons (Fsp3) is 0.333. The fourth-order valence-corrected chi connectivity index (χ4v) is 1.98. The Hall–Kier alpha value is -0.630. The molecule has 7 heteroatoms. The van der Waals surface area contributed by atoms with Crippen molar-refractivity contribution in [3.63, 3.8) is 0 Å². The summed E-state index contributed by atoms with van der Waals surface area (Å²) in [7, 11) is 0. The summed E-state index contributed by atoms with van der Waals surface area (Å²) in [6.45, 7) is 0. The summed E-state index contributed by atoms with van der Waals surface area (Å²) in [5.41, 5.74) is -0.365. The molecule has 86 valence electrons. The first-order valence-corrected chi connectivity index (χ1v) is 6.04. The number of rotatable bonds is 3. The Bertz CT molecular complexity index is 465. The second-order valence-corrected chi connectivity index (χ2v) is 5.10. The van der Waals surface area contributed by atoms with E-state index in [1.54, 1.807) is 22.6 Å². The van der Waals surface area contributed by atoms with Gasteiger partial charge in [-0.05, 0) is 35.4 Å². The number of benzene rings is 1. The van der Waals surface area contributed by atoms with E-state index in [4.69, 9.17) is 11.6 Å². The molecule has 1 aliphatic rings. The topological polar surface area (TPSA) is 55.2 Å². The highest BCUT2D eigenvalue weighted by Gasteiger charge is 2.29. The normalized spacial score (nSPS) is 14.9. The number of halogens is 3. The highest BCUT2D eigenvalue weighted by Crippen LogP contribution is 2.38. The number of nitro benzene ring substituents is 1. The lowest BCUT2D eigenvalue weighted by Gasteiger charge is -2.09. The molecule has 0 amide bonds. The van der Waals surface area contributed by atoms with Crippen molar-refractivity contribution >= 4 is 45.6 Å². The van der Waals surface area contributed by atoms with E-state index in [1.807, 2.05) is 0 Å². The molecule has 0 atom stereocenters. The van der Waals surface area contributed by atoms with Gasteiger partial charge in [0.1, 0.15) is 0 Å². The average Bonchev–Trinajstić information content (AvgIpc) is 3.02. The molecule has 2 rings (SSSR count). The van der Waals surface area contributed by atoms with E-state index in [-0.39, 0.29) is 22.4 Å². The number of nitro groups is 1. The van der Waals surface area contributed by atoms with Crippen LogP contribution in [0.4, 0.5) is 15.8 Å². The van der Waals surface area contributed by atoms with Crippen LogP contribution in [0, 0.1) is 19.5 Å². The Balaban J connectivity index is 2.51. The predicted molar refractivity (Wildman–Crippen MR) is 67.4 cm³/mol. The van der Waals surface area contributed by atoms with Gasteiger partial charge in [-0.3, -0.25) is 10.1 Å². The molecule has 0 aliphatic heterocycles. The van der Waals surface area contributed by atoms with Gasteiger partial charge in [0.15, 0.2) is 11.5 Å². The maximum absolute atomic E-state index is 13.8. The quantitative estimate of drug-likeness (QED) is 0.390. The highest BCUT2D eigenvalue weighted by molar-refractivity contribution is 14.1. The van der Waals surface area contributed by atoms with Crippen molar-refractivity contribution in [1.82, 2.24) is 0 Å². The van der Waals surface area contributed by atoms with Crippen LogP contribution in [0.2, 0.25) is 5.02 Å². The summed E-state index contributed by atoms with van der Waals surface area (Å²) in [6.07, 6.45) is 1.81. The molecule has 1 saturated carbocycles. The van der Waals surface area contributed by atoms with Crippen LogP contribution >= 0.6 is 34.2 Å². The summed E-state index contributed by atoms with van der Waals surface area (Å²) in [5.74, 6) is -0.743. The molecule has 0 saturated heterocycles. The third kappa shape index (κ3) is 2.22. The van der Waals surface area contributed by atoms with E-state index < -0.39 is 10.7 Å². The lowest BCUT2D eigenvalue weighted by molar-refractivity contribution is -0.384. The first-order chi connectivity index (χ1) is 7.50. The number of anilines is 1. The summed E-state index contributed by atoms with van der Waals surface area (Å²) in [6, 6.07) is 1.40. The van der Waals surface area contributed by atoms with Crippen LogP contribution in [0.25, 0.3) is 0 Å². The van der Waals surface area contributed by atoms with Crippen molar-refractivity contribution in [2.75, 3.05) is 5.32 Å². The monoisotopic (exact) mass is 356 g/mol. The maximum atomic E-state index is 13.8. The van der Waals surface area contributed by atoms with E-state index in [0.29, 0.717) is 3.57 Å². The van der Waals surface area contributed by atoms with E-state index in [1.165, 1.54) is 6.07 Å². The van der Waals surface area contributed by atoms with Crippen LogP contribution in [0.3, 0.4) is 0 Å². The summed E-state index contributed by atoms with van der Waals surface area (Å²) in [4.78, 5) is 10.2. The van der Waals surface area contributed by atoms with E-state index >= 15 is 0 Å². The lowest BCUT2D eigenvalue weighted by Crippen LogP contribution is -2.07. The molecule has 0 radical (unpaired) electrons. The van der Waals surface area contributed by atoms with Gasteiger partial charge >= 0.3 is 0 Å². The third-order valence-corrected chi connectivity index (χ3v) is 3.80. The summed E-state index contributed by atoms with van der Waals surface area (Å²) < 4.78 is 14.1. The van der Waals surface area contributed by atoms with Crippen molar-refractivity contribution < 1.29 is 9.31 Å². The molecule has 1 fully saturated rings. The molecular formula is C9H7ClFIN2O2. The molecule has 0 aromatic heterocycles. The van der Waals surface area contributed by atoms with Gasteiger partial charge in [0.05, 0.1) is 9.95 Å². The number of hydrogen-bond donors (Lipinski definition) is 1. The first kappa shape index (κ1) is 11.8. The molecule has 4 nitrogen and oxygen atoms in total. The molecule has 16 heavy (non-hydrogen) atoms. The minimum atomic E-state index is -0.743. The standard InChI is InChI=1S/C9H7ClFIN2O2/c10-7-5(12)3-6(14(15)16)9(8(7)11)13-4-1-2-4/h3-4,13H,1-2H2. The van der Waals surface area contributed by atoms with Gasteiger partial charge in [-0.15, -0.1) is 0 Å². The van der Waals surface area contributed by atoms with E-state index in [0.717, 1.165) is 12.8 Å². The van der Waals surface area contributed by atoms with Crippen LogP contribution in [-0.4, -0.2) is 11.0 Å². The largest absolute Gasteiger partial charge is 0.374 e. The molecule has 1 aromatic carbocycles. The zero-order chi connectivity index (χ0) is 11.9. The second kappa shape index (κ2) is 4.33. The molecule has 1 aromatic rings. The van der Waals surface area contributed by atoms with Crippen molar-refractivity contribution in [2.24, 2.45) is 0 Å². The zero-order valence-corrected chi connectivity index (χ0v) is 10.9. The van der Waals surface area contributed by atoms with Crippen LogP contribution in [0.1, 0.15) is 12.8 Å². The van der Waals surface area contributed by atoms with Crippen LogP contribution < -0.4 is 5.32 Å². The first-order valence-electron chi connectivity index (χ1n) is 4.59. The summed E-state index contributed by atoms with van der Waals surface area (Å²) in [5, 5.41) is 13.5. The minimum Gasteiger partial charge on any atom is -0.374 e. The number of nitrogens with one attached hydrogen (secondary N) is 1. The Morgan fingerprint density at radius 1 is 1.62 bits per heavy atom. The molecule has 0 heterocycles. The average molecular weight is 357 g/mol. The highest BCUT2D eigenvalue weighted by atomic mass is 127. The molecule has 1 aliphatic carbocycles. The Morgan fingerprint density at radius 3 is 2.75 bits per heavy atom. The Labute approximate surface area is 109 Å². The predicted octanol–water partition coefficient (Wildman–Crippen LogP) is 3.57. The lowest BCUT2D eigenvalue weighted by atomic mass is 10.2. The van der Waals surface area contributed by atoms with Gasteiger partial charge in [0.25, 0.3) is 5.69 Å². The molecule has 1 N–H and O–H groups in total. The Morgan fingerprint density at radius 2 is 2.25 bits per heavy atom. The molecule has 0 spiro atoms. The van der Waals surface area contributed by atoms with E-state index in [2.05, 4.69) is 5.32 Å². The SMILES string of the molecule is O=[N+]([O-])c1cc(I)c(Cl)c(F)c1NC1CC1. The zero-order valence-electron chi connectivity index (χ0n) is 7.97. The van der Waals surface area contributed by atoms with Gasteiger partial charge in [-0.25, -0.2) is 4.39 Å². The van der Waals surface area contributed by atoms with Gasteiger partial charge in [0, 0.05) is 15.7 Å². The van der Waals surface area contributed by atoms with E-state index in [9.17, 15) is 14.5 Å². The van der Waals surface area contributed by atoms with Gasteiger partial charge in [-0.2, -0.15) is 0 Å². The smallest absolute Gasteiger partial charge is 0.296 e. The maximum Gasteiger partial charge on any atom is 0.296 e. The molecule has 0 unspecified atom stereocenters. The molecular weight excluding hydrogens is 349 g/mol. The van der Waals surface area contributed by atoms with Crippen LogP contribution in [0.5, 0.6) is 0 Å². The van der Waals surface area contributed by atoms with Gasteiger partial charge in [0.2, 0.25) is 0 Å². The van der Waals surface area contributed by atoms with Crippen molar-refractivity contribution in [3.05, 3.63) is 30.6 Å². The second-order valence-electron chi connectivity index (χ2n) is 3.56. The fourth-order valence-electron chi connectivity index (χ4n) is 1.30. The third-order valence-electron chi connectivity index (χ3n) is 2.26. The van der Waals surface area contributed by atoms with Crippen molar-refractivity contribution in [3.8, 4) is 0 Å². The molecule has 0 bridgehead atoms. The Kier molecular flexibility index (Phi) is 3.20. The minimum absolute atomic E-state index is 0.0747. The number of hydrogen-bond acceptors (Lipinski definition) is 3.